The van der Waals surface area contributed by atoms with Crippen molar-refractivity contribution < 1.29 is 9.53 Å². The molecule has 1 aliphatic rings. The molecule has 2 N–H and O–H groups in total. The Hall–Kier alpha value is -0.770. The van der Waals surface area contributed by atoms with E-state index >= 15 is 0 Å². The molecule has 1 aliphatic heterocycles. The number of carbonyl (C=O) groups is 1. The van der Waals surface area contributed by atoms with Crippen molar-refractivity contribution in [3.8, 4) is 0 Å². The van der Waals surface area contributed by atoms with E-state index in [2.05, 4.69) is 46.3 Å². The van der Waals surface area contributed by atoms with Crippen molar-refractivity contribution in [1.29, 1.82) is 0 Å². The van der Waals surface area contributed by atoms with E-state index in [4.69, 9.17) is 4.74 Å². The second-order valence-corrected chi connectivity index (χ2v) is 8.33. The first kappa shape index (κ1) is 26.2. The van der Waals surface area contributed by atoms with Crippen LogP contribution in [-0.4, -0.2) is 79.8 Å². The number of halogens is 1. The van der Waals surface area contributed by atoms with Gasteiger partial charge in [0.1, 0.15) is 5.60 Å². The molecule has 1 unspecified atom stereocenters. The molecule has 0 radical (unpaired) electrons. The van der Waals surface area contributed by atoms with E-state index in [1.54, 1.807) is 0 Å². The van der Waals surface area contributed by atoms with Gasteiger partial charge in [-0.2, -0.15) is 0 Å². The van der Waals surface area contributed by atoms with Crippen molar-refractivity contribution in [3.05, 3.63) is 0 Å². The Balaban J connectivity index is 0.00000676. The number of ether oxygens (including phenoxy) is 1. The number of rotatable bonds is 7. The smallest absolute Gasteiger partial charge is 0.407 e. The Bertz CT molecular complexity index is 466. The fourth-order valence-electron chi connectivity index (χ4n) is 2.82. The summed E-state index contributed by atoms with van der Waals surface area (Å²) in [4.78, 5) is 20.8. The molecule has 0 saturated carbocycles. The molecule has 1 fully saturated rings. The minimum Gasteiger partial charge on any atom is -0.444 e. The summed E-state index contributed by atoms with van der Waals surface area (Å²) in [5.74, 6) is 0.913. The molecule has 1 heterocycles. The van der Waals surface area contributed by atoms with Gasteiger partial charge in [-0.25, -0.2) is 4.79 Å². The third-order valence-electron chi connectivity index (χ3n) is 4.52. The van der Waals surface area contributed by atoms with Crippen LogP contribution in [0.15, 0.2) is 4.99 Å². The lowest BCUT2D eigenvalue weighted by Gasteiger charge is -2.24. The number of guanidine groups is 1. The van der Waals surface area contributed by atoms with Crippen molar-refractivity contribution in [3.63, 3.8) is 0 Å². The summed E-state index contributed by atoms with van der Waals surface area (Å²) < 4.78 is 5.33. The number of alkyl carbamates (subject to hydrolysis) is 1. The number of nitrogens with one attached hydrogen (secondary N) is 2. The minimum absolute atomic E-state index is 0. The first-order valence-electron chi connectivity index (χ1n) is 9.77. The maximum Gasteiger partial charge on any atom is 0.407 e. The van der Waals surface area contributed by atoms with Crippen LogP contribution < -0.4 is 10.6 Å². The fraction of sp³-hybridized carbons (Fsp3) is 0.895. The molecule has 1 amide bonds. The molecule has 0 aliphatic carbocycles. The average Bonchev–Trinajstić information content (AvgIpc) is 2.96. The van der Waals surface area contributed by atoms with Crippen molar-refractivity contribution in [1.82, 2.24) is 20.4 Å². The van der Waals surface area contributed by atoms with E-state index in [1.807, 2.05) is 27.8 Å². The Labute approximate surface area is 182 Å². The molecule has 0 spiro atoms. The van der Waals surface area contributed by atoms with Gasteiger partial charge in [0, 0.05) is 32.7 Å². The van der Waals surface area contributed by atoms with Crippen molar-refractivity contribution >= 4 is 36.0 Å². The number of hydrogen-bond acceptors (Lipinski definition) is 4. The molecular formula is C19H40IN5O2. The number of aliphatic imine (C=N–C) groups is 1. The summed E-state index contributed by atoms with van der Waals surface area (Å²) in [7, 11) is 3.97. The minimum atomic E-state index is -0.469. The standard InChI is InChI=1S/C19H39N5O2.HI/c1-15(2)23(7)12-9-8-11-21-17(20-6)24-13-10-16(14-24)22-18(25)26-19(3,4)5;/h15-16H,8-14H2,1-7H3,(H,20,21)(H,22,25);1H. The summed E-state index contributed by atoms with van der Waals surface area (Å²) >= 11 is 0. The quantitative estimate of drug-likeness (QED) is 0.245. The first-order valence-corrected chi connectivity index (χ1v) is 9.77. The third kappa shape index (κ3) is 11.0. The van der Waals surface area contributed by atoms with E-state index in [0.717, 1.165) is 45.0 Å². The van der Waals surface area contributed by atoms with Gasteiger partial charge in [-0.05, 0) is 67.5 Å². The highest BCUT2D eigenvalue weighted by molar-refractivity contribution is 14.0. The summed E-state index contributed by atoms with van der Waals surface area (Å²) in [5.41, 5.74) is -0.469. The highest BCUT2D eigenvalue weighted by Gasteiger charge is 2.27. The highest BCUT2D eigenvalue weighted by atomic mass is 127. The first-order chi connectivity index (χ1) is 12.1. The normalized spacial score (nSPS) is 17.9. The summed E-state index contributed by atoms with van der Waals surface area (Å²) in [6, 6.07) is 0.692. The number of unbranched alkanes of at least 4 members (excludes halogenated alkanes) is 1. The van der Waals surface area contributed by atoms with Crippen LogP contribution in [0.4, 0.5) is 4.79 Å². The molecule has 1 atom stereocenters. The van der Waals surface area contributed by atoms with Crippen molar-refractivity contribution in [2.24, 2.45) is 4.99 Å². The van der Waals surface area contributed by atoms with Gasteiger partial charge in [0.2, 0.25) is 0 Å². The van der Waals surface area contributed by atoms with Gasteiger partial charge in [-0.1, -0.05) is 0 Å². The van der Waals surface area contributed by atoms with Crippen LogP contribution in [0.5, 0.6) is 0 Å². The number of amides is 1. The van der Waals surface area contributed by atoms with Crippen LogP contribution in [-0.2, 0) is 4.74 Å². The van der Waals surface area contributed by atoms with E-state index in [9.17, 15) is 4.79 Å². The van der Waals surface area contributed by atoms with Crippen LogP contribution in [0.2, 0.25) is 0 Å². The van der Waals surface area contributed by atoms with Gasteiger partial charge in [0.15, 0.2) is 5.96 Å². The largest absolute Gasteiger partial charge is 0.444 e. The Morgan fingerprint density at radius 1 is 1.33 bits per heavy atom. The zero-order valence-corrected chi connectivity index (χ0v) is 20.5. The lowest BCUT2D eigenvalue weighted by Crippen LogP contribution is -2.44. The number of carbonyl (C=O) groups excluding carboxylic acids is 1. The number of nitrogens with zero attached hydrogens (tertiary/aromatic N) is 3. The zero-order valence-electron chi connectivity index (χ0n) is 18.2. The zero-order chi connectivity index (χ0) is 19.7. The predicted molar refractivity (Wildman–Crippen MR) is 123 cm³/mol. The van der Waals surface area contributed by atoms with Crippen LogP contribution in [0, 0.1) is 0 Å². The highest BCUT2D eigenvalue weighted by Crippen LogP contribution is 2.12. The molecule has 8 heteroatoms. The Morgan fingerprint density at radius 3 is 2.56 bits per heavy atom. The van der Waals surface area contributed by atoms with Gasteiger partial charge in [0.05, 0.1) is 6.04 Å². The molecule has 1 saturated heterocycles. The SMILES string of the molecule is CN=C(NCCCCN(C)C(C)C)N1CCC(NC(=O)OC(C)(C)C)C1.I. The monoisotopic (exact) mass is 497 g/mol. The average molecular weight is 497 g/mol. The summed E-state index contributed by atoms with van der Waals surface area (Å²) in [5, 5.41) is 6.39. The van der Waals surface area contributed by atoms with E-state index in [0.29, 0.717) is 6.04 Å². The number of likely N-dealkylation sites (tertiary alicyclic amines) is 1. The second-order valence-electron chi connectivity index (χ2n) is 8.33. The van der Waals surface area contributed by atoms with Crippen LogP contribution in [0.25, 0.3) is 0 Å². The number of hydrogen-bond donors (Lipinski definition) is 2. The maximum atomic E-state index is 11.9. The van der Waals surface area contributed by atoms with E-state index < -0.39 is 5.60 Å². The molecule has 1 rings (SSSR count). The Kier molecular flexibility index (Phi) is 12.3. The van der Waals surface area contributed by atoms with Crippen LogP contribution >= 0.6 is 24.0 Å². The molecular weight excluding hydrogens is 457 g/mol. The van der Waals surface area contributed by atoms with Gasteiger partial charge in [0.25, 0.3) is 0 Å². The third-order valence-corrected chi connectivity index (χ3v) is 4.52. The predicted octanol–water partition coefficient (Wildman–Crippen LogP) is 2.90. The van der Waals surface area contributed by atoms with Gasteiger partial charge < -0.3 is 25.2 Å². The van der Waals surface area contributed by atoms with Gasteiger partial charge in [-0.3, -0.25) is 4.99 Å². The fourth-order valence-corrected chi connectivity index (χ4v) is 2.82. The molecule has 160 valence electrons. The summed E-state index contributed by atoms with van der Waals surface area (Å²) in [6.07, 6.45) is 2.84. The molecule has 27 heavy (non-hydrogen) atoms. The van der Waals surface area contributed by atoms with Gasteiger partial charge in [-0.15, -0.1) is 24.0 Å². The van der Waals surface area contributed by atoms with E-state index in [-0.39, 0.29) is 36.1 Å². The van der Waals surface area contributed by atoms with Gasteiger partial charge >= 0.3 is 6.09 Å². The second kappa shape index (κ2) is 12.6. The maximum absolute atomic E-state index is 11.9. The van der Waals surface area contributed by atoms with Crippen LogP contribution in [0.1, 0.15) is 53.9 Å². The van der Waals surface area contributed by atoms with Crippen molar-refractivity contribution in [2.75, 3.05) is 40.3 Å². The molecule has 0 aromatic carbocycles. The lowest BCUT2D eigenvalue weighted by atomic mass is 10.2. The Morgan fingerprint density at radius 2 is 2.00 bits per heavy atom. The molecule has 0 bridgehead atoms. The molecule has 0 aromatic rings. The topological polar surface area (TPSA) is 69.2 Å². The molecule has 0 aromatic heterocycles. The van der Waals surface area contributed by atoms with Crippen LogP contribution in [0.3, 0.4) is 0 Å². The molecule has 7 nitrogen and oxygen atoms in total. The lowest BCUT2D eigenvalue weighted by molar-refractivity contribution is 0.0507. The van der Waals surface area contributed by atoms with Crippen molar-refractivity contribution in [2.45, 2.75) is 71.6 Å². The summed E-state index contributed by atoms with van der Waals surface area (Å²) in [6.45, 7) is 13.7. The van der Waals surface area contributed by atoms with E-state index in [1.165, 1.54) is 6.42 Å².